The zero-order chi connectivity index (χ0) is 15.2. The molecule has 1 atom stereocenters. The van der Waals surface area contributed by atoms with Crippen molar-refractivity contribution in [2.45, 2.75) is 70.7 Å². The zero-order valence-corrected chi connectivity index (χ0v) is 14.4. The standard InChI is InChI=1S/C14H30O4Si/c1-10(2)19(11(3)4,12(5)6)18-9-13(15)8-14(16)17-7/h10-13,15H,8-9H2,1-7H3/t13-/m1/s1. The van der Waals surface area contributed by atoms with Crippen LogP contribution in [0, 0.1) is 0 Å². The first-order valence-electron chi connectivity index (χ1n) is 7.07. The van der Waals surface area contributed by atoms with Crippen molar-refractivity contribution in [3.05, 3.63) is 0 Å². The molecule has 0 aliphatic carbocycles. The minimum absolute atomic E-state index is 0.00470. The number of hydrogen-bond acceptors (Lipinski definition) is 4. The fraction of sp³-hybridized carbons (Fsp3) is 0.929. The van der Waals surface area contributed by atoms with Crippen LogP contribution in [-0.4, -0.2) is 39.2 Å². The maximum Gasteiger partial charge on any atom is 0.308 e. The Morgan fingerprint density at radius 3 is 1.79 bits per heavy atom. The number of hydrogen-bond donors (Lipinski definition) is 1. The van der Waals surface area contributed by atoms with Crippen molar-refractivity contribution in [3.8, 4) is 0 Å². The largest absolute Gasteiger partial charge is 0.469 e. The minimum atomic E-state index is -1.96. The van der Waals surface area contributed by atoms with Crippen LogP contribution in [0.2, 0.25) is 16.6 Å². The lowest BCUT2D eigenvalue weighted by Gasteiger charge is -2.42. The van der Waals surface area contributed by atoms with Gasteiger partial charge in [-0.05, 0) is 16.6 Å². The van der Waals surface area contributed by atoms with E-state index in [1.807, 2.05) is 0 Å². The third-order valence-corrected chi connectivity index (χ3v) is 9.94. The average Bonchev–Trinajstić information content (AvgIpc) is 2.27. The van der Waals surface area contributed by atoms with E-state index in [4.69, 9.17) is 4.43 Å². The van der Waals surface area contributed by atoms with Gasteiger partial charge in [-0.2, -0.15) is 0 Å². The molecule has 5 heteroatoms. The number of methoxy groups -OCH3 is 1. The van der Waals surface area contributed by atoms with Gasteiger partial charge in [-0.15, -0.1) is 0 Å². The number of aliphatic hydroxyl groups is 1. The van der Waals surface area contributed by atoms with Crippen LogP contribution < -0.4 is 0 Å². The SMILES string of the molecule is COC(=O)C[C@@H](O)CO[Si](C(C)C)(C(C)C)C(C)C. The third kappa shape index (κ3) is 4.89. The molecule has 0 saturated heterocycles. The van der Waals surface area contributed by atoms with Gasteiger partial charge in [-0.1, -0.05) is 41.5 Å². The molecule has 0 aliphatic heterocycles. The minimum Gasteiger partial charge on any atom is -0.469 e. The normalized spacial score (nSPS) is 14.3. The topological polar surface area (TPSA) is 55.8 Å². The van der Waals surface area contributed by atoms with Crippen LogP contribution in [0.3, 0.4) is 0 Å². The van der Waals surface area contributed by atoms with Crippen molar-refractivity contribution in [2.24, 2.45) is 0 Å². The molecule has 1 N–H and O–H groups in total. The molecule has 0 spiro atoms. The van der Waals surface area contributed by atoms with E-state index in [1.165, 1.54) is 7.11 Å². The van der Waals surface area contributed by atoms with Crippen LogP contribution in [0.4, 0.5) is 0 Å². The number of ether oxygens (including phenoxy) is 1. The van der Waals surface area contributed by atoms with E-state index in [-0.39, 0.29) is 13.0 Å². The number of aliphatic hydroxyl groups excluding tert-OH is 1. The van der Waals surface area contributed by atoms with Crippen molar-refractivity contribution in [1.29, 1.82) is 0 Å². The van der Waals surface area contributed by atoms with Crippen molar-refractivity contribution in [1.82, 2.24) is 0 Å². The summed E-state index contributed by atoms with van der Waals surface area (Å²) in [4.78, 5) is 11.1. The second-order valence-corrected chi connectivity index (χ2v) is 11.5. The molecule has 0 heterocycles. The summed E-state index contributed by atoms with van der Waals surface area (Å²) in [5, 5.41) is 9.86. The van der Waals surface area contributed by atoms with E-state index in [1.54, 1.807) is 0 Å². The molecular weight excluding hydrogens is 260 g/mol. The lowest BCUT2D eigenvalue weighted by molar-refractivity contribution is -0.143. The van der Waals surface area contributed by atoms with E-state index in [2.05, 4.69) is 46.3 Å². The Labute approximate surface area is 118 Å². The lowest BCUT2D eigenvalue weighted by atomic mass is 10.3. The fourth-order valence-electron chi connectivity index (χ4n) is 3.08. The molecule has 0 radical (unpaired) electrons. The molecule has 19 heavy (non-hydrogen) atoms. The molecule has 0 aromatic heterocycles. The maximum absolute atomic E-state index is 11.1. The van der Waals surface area contributed by atoms with Gasteiger partial charge in [-0.25, -0.2) is 0 Å². The van der Waals surface area contributed by atoms with Gasteiger partial charge in [0.15, 0.2) is 8.32 Å². The van der Waals surface area contributed by atoms with Crippen LogP contribution in [0.1, 0.15) is 48.0 Å². The lowest BCUT2D eigenvalue weighted by Crippen LogP contribution is -2.49. The molecule has 0 fully saturated rings. The van der Waals surface area contributed by atoms with Gasteiger partial charge >= 0.3 is 5.97 Å². The molecule has 0 saturated carbocycles. The van der Waals surface area contributed by atoms with Crippen LogP contribution in [0.5, 0.6) is 0 Å². The molecule has 0 aromatic rings. The molecular formula is C14H30O4Si. The summed E-state index contributed by atoms with van der Waals surface area (Å²) in [6.07, 6.45) is -0.787. The van der Waals surface area contributed by atoms with Crippen molar-refractivity contribution in [3.63, 3.8) is 0 Å². The first kappa shape index (κ1) is 18.6. The summed E-state index contributed by atoms with van der Waals surface area (Å²) in [6.45, 7) is 13.4. The van der Waals surface area contributed by atoms with E-state index in [0.717, 1.165) is 0 Å². The average molecular weight is 290 g/mol. The molecule has 0 amide bonds. The summed E-state index contributed by atoms with van der Waals surface area (Å²) in [5.41, 5.74) is 1.41. The third-order valence-electron chi connectivity index (χ3n) is 3.86. The van der Waals surface area contributed by atoms with Gasteiger partial charge in [0.1, 0.15) is 0 Å². The predicted octanol–water partition coefficient (Wildman–Crippen LogP) is 3.10. The van der Waals surface area contributed by atoms with Crippen LogP contribution in [-0.2, 0) is 14.0 Å². The molecule has 0 unspecified atom stereocenters. The number of esters is 1. The second-order valence-electron chi connectivity index (χ2n) is 6.06. The Balaban J connectivity index is 4.72. The molecule has 4 nitrogen and oxygen atoms in total. The number of carbonyl (C=O) groups excluding carboxylic acids is 1. The molecule has 0 aromatic carbocycles. The van der Waals surface area contributed by atoms with E-state index in [9.17, 15) is 9.90 Å². The van der Waals surface area contributed by atoms with Crippen molar-refractivity contribution < 1.29 is 19.1 Å². The highest BCUT2D eigenvalue weighted by Crippen LogP contribution is 2.42. The highest BCUT2D eigenvalue weighted by Gasteiger charge is 2.45. The quantitative estimate of drug-likeness (QED) is 0.551. The molecule has 114 valence electrons. The van der Waals surface area contributed by atoms with Gasteiger partial charge in [-0.3, -0.25) is 4.79 Å². The molecule has 0 aliphatic rings. The fourth-order valence-corrected chi connectivity index (χ4v) is 8.56. The van der Waals surface area contributed by atoms with Crippen LogP contribution in [0.15, 0.2) is 0 Å². The zero-order valence-electron chi connectivity index (χ0n) is 13.4. The van der Waals surface area contributed by atoms with Gasteiger partial charge in [0.05, 0.1) is 26.2 Å². The first-order chi connectivity index (χ1) is 8.68. The van der Waals surface area contributed by atoms with Gasteiger partial charge in [0, 0.05) is 0 Å². The van der Waals surface area contributed by atoms with Crippen LogP contribution in [0.25, 0.3) is 0 Å². The summed E-state index contributed by atoms with van der Waals surface area (Å²) in [7, 11) is -0.639. The van der Waals surface area contributed by atoms with E-state index < -0.39 is 20.4 Å². The Hall–Kier alpha value is -0.393. The van der Waals surface area contributed by atoms with Gasteiger partial charge in [0.25, 0.3) is 0 Å². The monoisotopic (exact) mass is 290 g/mol. The second kappa shape index (κ2) is 8.02. The maximum atomic E-state index is 11.1. The first-order valence-corrected chi connectivity index (χ1v) is 9.21. The molecule has 0 rings (SSSR count). The summed E-state index contributed by atoms with van der Waals surface area (Å²) in [5.74, 6) is -0.401. The van der Waals surface area contributed by atoms with Gasteiger partial charge in [0.2, 0.25) is 0 Å². The Morgan fingerprint density at radius 2 is 1.47 bits per heavy atom. The summed E-state index contributed by atoms with van der Waals surface area (Å²) >= 11 is 0. The number of rotatable bonds is 8. The van der Waals surface area contributed by atoms with Crippen molar-refractivity contribution in [2.75, 3.05) is 13.7 Å². The Kier molecular flexibility index (Phi) is 7.85. The number of carbonyl (C=O) groups is 1. The van der Waals surface area contributed by atoms with Crippen molar-refractivity contribution >= 4 is 14.3 Å². The highest BCUT2D eigenvalue weighted by molar-refractivity contribution is 6.77. The van der Waals surface area contributed by atoms with E-state index >= 15 is 0 Å². The summed E-state index contributed by atoms with van der Waals surface area (Å²) < 4.78 is 10.8. The Bertz CT molecular complexity index is 255. The smallest absolute Gasteiger partial charge is 0.308 e. The van der Waals surface area contributed by atoms with Gasteiger partial charge < -0.3 is 14.3 Å². The highest BCUT2D eigenvalue weighted by atomic mass is 28.4. The molecule has 0 bridgehead atoms. The van der Waals surface area contributed by atoms with Crippen LogP contribution >= 0.6 is 0 Å². The predicted molar refractivity (Wildman–Crippen MR) is 79.6 cm³/mol. The Morgan fingerprint density at radius 1 is 1.05 bits per heavy atom. The van der Waals surface area contributed by atoms with E-state index in [0.29, 0.717) is 16.6 Å². The summed E-state index contributed by atoms with van der Waals surface area (Å²) in [6, 6.07) is 0.